The maximum Gasteiger partial charge on any atom is 0.156 e. The normalized spacial score (nSPS) is 10.9. The second-order valence-corrected chi connectivity index (χ2v) is 5.19. The number of fused-ring (bicyclic) bond motifs is 2. The van der Waals surface area contributed by atoms with Crippen molar-refractivity contribution in [3.8, 4) is 0 Å². The van der Waals surface area contributed by atoms with E-state index in [0.717, 1.165) is 22.4 Å². The molecule has 3 aromatic rings. The van der Waals surface area contributed by atoms with Gasteiger partial charge in [-0.25, -0.2) is 0 Å². The van der Waals surface area contributed by atoms with Gasteiger partial charge in [0.05, 0.1) is 0 Å². The maximum atomic E-state index is 4.24. The van der Waals surface area contributed by atoms with Gasteiger partial charge < -0.3 is 15.5 Å². The predicted molar refractivity (Wildman–Crippen MR) is 90.5 cm³/mol. The van der Waals surface area contributed by atoms with Crippen LogP contribution in [0.2, 0.25) is 0 Å². The molecule has 0 saturated heterocycles. The van der Waals surface area contributed by atoms with Crippen molar-refractivity contribution in [2.45, 2.75) is 0 Å². The molecule has 0 radical (unpaired) electrons. The third kappa shape index (κ3) is 2.11. The maximum absolute atomic E-state index is 4.24. The first-order chi connectivity index (χ1) is 10.2. The molecule has 5 heteroatoms. The second kappa shape index (κ2) is 5.09. The van der Waals surface area contributed by atoms with E-state index in [1.165, 1.54) is 16.5 Å². The van der Waals surface area contributed by atoms with E-state index in [-0.39, 0.29) is 0 Å². The molecule has 0 aliphatic heterocycles. The molecule has 1 heterocycles. The summed E-state index contributed by atoms with van der Waals surface area (Å²) in [7, 11) is 7.84. The van der Waals surface area contributed by atoms with Gasteiger partial charge in [-0.05, 0) is 23.6 Å². The van der Waals surface area contributed by atoms with Gasteiger partial charge in [-0.3, -0.25) is 0 Å². The smallest absolute Gasteiger partial charge is 0.156 e. The van der Waals surface area contributed by atoms with Crippen molar-refractivity contribution in [2.75, 3.05) is 43.7 Å². The second-order valence-electron chi connectivity index (χ2n) is 5.19. The van der Waals surface area contributed by atoms with E-state index >= 15 is 0 Å². The number of nitrogens with zero attached hydrogens (tertiary/aromatic N) is 3. The van der Waals surface area contributed by atoms with E-state index in [9.17, 15) is 0 Å². The van der Waals surface area contributed by atoms with Crippen LogP contribution in [0.4, 0.5) is 17.3 Å². The van der Waals surface area contributed by atoms with Crippen LogP contribution >= 0.6 is 0 Å². The molecule has 0 fully saturated rings. The van der Waals surface area contributed by atoms with Gasteiger partial charge in [0.1, 0.15) is 0 Å². The standard InChI is InChI=1S/C16H19N5/c1-17-15-12-8-10-6-5-7-14(21(3)4)11(10)9-13(12)16(18-2)20-19-15/h5-9H,1-4H3,(H,17,19)(H,18,20). The number of hydrogen-bond acceptors (Lipinski definition) is 5. The fourth-order valence-corrected chi connectivity index (χ4v) is 2.67. The van der Waals surface area contributed by atoms with Crippen LogP contribution in [0.5, 0.6) is 0 Å². The monoisotopic (exact) mass is 281 g/mol. The third-order valence-corrected chi connectivity index (χ3v) is 3.71. The minimum Gasteiger partial charge on any atom is -0.377 e. The highest BCUT2D eigenvalue weighted by Gasteiger charge is 2.11. The fourth-order valence-electron chi connectivity index (χ4n) is 2.67. The van der Waals surface area contributed by atoms with E-state index in [0.29, 0.717) is 0 Å². The highest BCUT2D eigenvalue weighted by Crippen LogP contribution is 2.34. The molecule has 0 unspecified atom stereocenters. The SMILES string of the molecule is CNc1nnc(NC)c2cc3c(N(C)C)cccc3cc12. The number of anilines is 3. The molecule has 0 bridgehead atoms. The van der Waals surface area contributed by atoms with Crippen LogP contribution in [-0.4, -0.2) is 38.4 Å². The number of rotatable bonds is 3. The summed E-state index contributed by atoms with van der Waals surface area (Å²) in [5, 5.41) is 19.2. The number of nitrogens with one attached hydrogen (secondary N) is 2. The van der Waals surface area contributed by atoms with Crippen molar-refractivity contribution in [3.63, 3.8) is 0 Å². The molecule has 0 aliphatic rings. The minimum absolute atomic E-state index is 0.791. The molecule has 0 amide bonds. The summed E-state index contributed by atoms with van der Waals surface area (Å²) in [6.45, 7) is 0. The Hall–Kier alpha value is -2.56. The Morgan fingerprint density at radius 1 is 0.857 bits per heavy atom. The van der Waals surface area contributed by atoms with Crippen molar-refractivity contribution in [3.05, 3.63) is 30.3 Å². The van der Waals surface area contributed by atoms with Gasteiger partial charge in [-0.15, -0.1) is 10.2 Å². The molecule has 2 N–H and O–H groups in total. The molecule has 0 atom stereocenters. The van der Waals surface area contributed by atoms with Gasteiger partial charge in [-0.2, -0.15) is 0 Å². The third-order valence-electron chi connectivity index (χ3n) is 3.71. The molecule has 0 aliphatic carbocycles. The Kier molecular flexibility index (Phi) is 3.25. The van der Waals surface area contributed by atoms with E-state index < -0.39 is 0 Å². The first-order valence-corrected chi connectivity index (χ1v) is 6.91. The zero-order chi connectivity index (χ0) is 15.0. The van der Waals surface area contributed by atoms with Gasteiger partial charge >= 0.3 is 0 Å². The van der Waals surface area contributed by atoms with Crippen LogP contribution in [-0.2, 0) is 0 Å². The molecule has 5 nitrogen and oxygen atoms in total. The summed E-state index contributed by atoms with van der Waals surface area (Å²) < 4.78 is 0. The molecule has 0 saturated carbocycles. The molecule has 2 aromatic carbocycles. The molecule has 0 spiro atoms. The van der Waals surface area contributed by atoms with Crippen molar-refractivity contribution in [1.29, 1.82) is 0 Å². The van der Waals surface area contributed by atoms with Crippen molar-refractivity contribution >= 4 is 38.9 Å². The van der Waals surface area contributed by atoms with Gasteiger partial charge in [0.2, 0.25) is 0 Å². The lowest BCUT2D eigenvalue weighted by molar-refractivity contribution is 1.05. The van der Waals surface area contributed by atoms with Crippen LogP contribution in [0.25, 0.3) is 21.5 Å². The largest absolute Gasteiger partial charge is 0.377 e. The molecule has 1 aromatic heterocycles. The van der Waals surface area contributed by atoms with Crippen LogP contribution in [0.15, 0.2) is 30.3 Å². The topological polar surface area (TPSA) is 53.1 Å². The number of hydrogen-bond donors (Lipinski definition) is 2. The zero-order valence-corrected chi connectivity index (χ0v) is 12.7. The molecule has 21 heavy (non-hydrogen) atoms. The lowest BCUT2D eigenvalue weighted by atomic mass is 10.0. The van der Waals surface area contributed by atoms with Crippen molar-refractivity contribution < 1.29 is 0 Å². The van der Waals surface area contributed by atoms with E-state index in [1.807, 2.05) is 14.1 Å². The predicted octanol–water partition coefficient (Wildman–Crippen LogP) is 2.93. The molecular formula is C16H19N5. The average Bonchev–Trinajstić information content (AvgIpc) is 2.51. The Bertz CT molecular complexity index is 810. The molecule has 108 valence electrons. The quantitative estimate of drug-likeness (QED) is 0.723. The van der Waals surface area contributed by atoms with E-state index in [2.05, 4.69) is 70.2 Å². The summed E-state index contributed by atoms with van der Waals surface area (Å²) in [6.07, 6.45) is 0. The fraction of sp³-hybridized carbons (Fsp3) is 0.250. The Balaban J connectivity index is 2.45. The first kappa shape index (κ1) is 13.4. The van der Waals surface area contributed by atoms with Crippen molar-refractivity contribution in [2.24, 2.45) is 0 Å². The van der Waals surface area contributed by atoms with Gasteiger partial charge in [0.25, 0.3) is 0 Å². The molecular weight excluding hydrogens is 262 g/mol. The summed E-state index contributed by atoms with van der Waals surface area (Å²) in [5.74, 6) is 1.58. The Labute approximate surface area is 124 Å². The lowest BCUT2D eigenvalue weighted by Gasteiger charge is -2.17. The van der Waals surface area contributed by atoms with Gasteiger partial charge in [-0.1, -0.05) is 12.1 Å². The minimum atomic E-state index is 0.791. The van der Waals surface area contributed by atoms with Crippen LogP contribution in [0.1, 0.15) is 0 Å². The Morgan fingerprint density at radius 3 is 2.05 bits per heavy atom. The van der Waals surface area contributed by atoms with Crippen molar-refractivity contribution in [1.82, 2.24) is 10.2 Å². The summed E-state index contributed by atoms with van der Waals surface area (Å²) >= 11 is 0. The lowest BCUT2D eigenvalue weighted by Crippen LogP contribution is -2.09. The van der Waals surface area contributed by atoms with Crippen LogP contribution in [0, 0.1) is 0 Å². The summed E-state index contributed by atoms with van der Waals surface area (Å²) in [5.41, 5.74) is 1.19. The zero-order valence-electron chi connectivity index (χ0n) is 12.7. The summed E-state index contributed by atoms with van der Waals surface area (Å²) in [4.78, 5) is 2.13. The Morgan fingerprint density at radius 2 is 1.48 bits per heavy atom. The molecule has 3 rings (SSSR count). The van der Waals surface area contributed by atoms with Gasteiger partial charge in [0, 0.05) is 50.0 Å². The van der Waals surface area contributed by atoms with Crippen LogP contribution in [0.3, 0.4) is 0 Å². The first-order valence-electron chi connectivity index (χ1n) is 6.91. The summed E-state index contributed by atoms with van der Waals surface area (Å²) in [6, 6.07) is 10.7. The van der Waals surface area contributed by atoms with E-state index in [4.69, 9.17) is 0 Å². The average molecular weight is 281 g/mol. The van der Waals surface area contributed by atoms with E-state index in [1.54, 1.807) is 0 Å². The number of benzene rings is 2. The van der Waals surface area contributed by atoms with Crippen LogP contribution < -0.4 is 15.5 Å². The van der Waals surface area contributed by atoms with Gasteiger partial charge in [0.15, 0.2) is 11.6 Å². The highest BCUT2D eigenvalue weighted by molar-refractivity contribution is 6.09. The number of aromatic nitrogens is 2. The highest BCUT2D eigenvalue weighted by atomic mass is 15.2.